The zero-order chi connectivity index (χ0) is 20.4. The van der Waals surface area contributed by atoms with E-state index in [2.05, 4.69) is 20.2 Å². The number of benzene rings is 1. The van der Waals surface area contributed by atoms with Gasteiger partial charge >= 0.3 is 6.18 Å². The van der Waals surface area contributed by atoms with Crippen LogP contribution in [0.3, 0.4) is 0 Å². The van der Waals surface area contributed by atoms with Gasteiger partial charge in [-0.2, -0.15) is 13.2 Å². The molecule has 0 aliphatic carbocycles. The first kappa shape index (κ1) is 21.2. The van der Waals surface area contributed by atoms with Crippen molar-refractivity contribution in [1.29, 1.82) is 0 Å². The van der Waals surface area contributed by atoms with E-state index in [4.69, 9.17) is 0 Å². The molecule has 1 amide bonds. The Bertz CT molecular complexity index is 957. The number of sulfonamides is 1. The quantitative estimate of drug-likeness (QED) is 0.686. The number of nitrogens with zero attached hydrogens (tertiary/aromatic N) is 3. The average Bonchev–Trinajstić information content (AvgIpc) is 2.95. The zero-order valence-corrected chi connectivity index (χ0v) is 16.1. The number of halogens is 3. The van der Waals surface area contributed by atoms with Crippen molar-refractivity contribution < 1.29 is 26.4 Å². The lowest BCUT2D eigenvalue weighted by Crippen LogP contribution is -2.20. The molecule has 1 aromatic carbocycles. The van der Waals surface area contributed by atoms with Gasteiger partial charge in [0.1, 0.15) is 0 Å². The van der Waals surface area contributed by atoms with Gasteiger partial charge in [-0.05, 0) is 31.7 Å². The molecule has 2 N–H and O–H groups in total. The van der Waals surface area contributed by atoms with Crippen molar-refractivity contribution in [3.05, 3.63) is 29.6 Å². The molecule has 0 bridgehead atoms. The Morgan fingerprint density at radius 3 is 2.52 bits per heavy atom. The molecule has 1 heterocycles. The molecule has 0 saturated heterocycles. The third-order valence-electron chi connectivity index (χ3n) is 3.45. The average molecular weight is 423 g/mol. The van der Waals surface area contributed by atoms with E-state index < -0.39 is 27.9 Å². The normalized spacial score (nSPS) is 12.2. The Hall–Kier alpha value is -2.12. The number of carbonyl (C=O) groups excluding carboxylic acids is 1. The van der Waals surface area contributed by atoms with Crippen molar-refractivity contribution in [1.82, 2.24) is 19.5 Å². The van der Waals surface area contributed by atoms with Crippen LogP contribution in [0.25, 0.3) is 0 Å². The maximum absolute atomic E-state index is 12.7. The molecule has 0 aliphatic heterocycles. The lowest BCUT2D eigenvalue weighted by molar-refractivity contribution is -0.147. The van der Waals surface area contributed by atoms with Gasteiger partial charge in [0.05, 0.1) is 10.6 Å². The van der Waals surface area contributed by atoms with Crippen LogP contribution in [0.1, 0.15) is 11.4 Å². The molecule has 13 heteroatoms. The highest BCUT2D eigenvalue weighted by Gasteiger charge is 2.37. The number of hydrogen-bond acceptors (Lipinski definition) is 6. The molecule has 0 spiro atoms. The number of hydrogen-bond donors (Lipinski definition) is 2. The van der Waals surface area contributed by atoms with E-state index in [9.17, 15) is 26.4 Å². The summed E-state index contributed by atoms with van der Waals surface area (Å²) >= 11 is 0.775. The molecule has 0 saturated carbocycles. The van der Waals surface area contributed by atoms with Crippen LogP contribution in [-0.2, 0) is 28.0 Å². The maximum Gasteiger partial charge on any atom is 0.451 e. The van der Waals surface area contributed by atoms with E-state index in [1.807, 2.05) is 0 Å². The van der Waals surface area contributed by atoms with Crippen LogP contribution in [0.15, 0.2) is 28.3 Å². The number of thioether (sulfide) groups is 1. The molecule has 0 fully saturated rings. The van der Waals surface area contributed by atoms with E-state index in [0.717, 1.165) is 23.4 Å². The number of nitrogens with one attached hydrogen (secondary N) is 2. The van der Waals surface area contributed by atoms with Gasteiger partial charge in [-0.15, -0.1) is 10.2 Å². The molecule has 1 aromatic heterocycles. The fourth-order valence-electron chi connectivity index (χ4n) is 2.09. The number of amides is 1. The summed E-state index contributed by atoms with van der Waals surface area (Å²) in [6.07, 6.45) is -4.64. The standard InChI is InChI=1S/C14H16F3N5O3S2/c1-8-4-5-9(6-10(8)27(24,25)18-2)19-11(23)7-26-13-21-20-12(22(13)3)14(15,16)17/h4-6,18H,7H2,1-3H3,(H,19,23). The first-order valence-electron chi connectivity index (χ1n) is 7.39. The summed E-state index contributed by atoms with van der Waals surface area (Å²) in [6.45, 7) is 1.61. The van der Waals surface area contributed by atoms with Crippen LogP contribution in [-0.4, -0.2) is 41.9 Å². The van der Waals surface area contributed by atoms with Crippen molar-refractivity contribution in [3.63, 3.8) is 0 Å². The molecule has 0 atom stereocenters. The van der Waals surface area contributed by atoms with Gasteiger partial charge in [0.15, 0.2) is 5.16 Å². The van der Waals surface area contributed by atoms with Crippen LogP contribution in [0.5, 0.6) is 0 Å². The monoisotopic (exact) mass is 423 g/mol. The summed E-state index contributed by atoms with van der Waals surface area (Å²) in [5, 5.41) is 8.92. The molecular formula is C14H16F3N5O3S2. The molecule has 148 valence electrons. The lowest BCUT2D eigenvalue weighted by Gasteiger charge is -2.10. The van der Waals surface area contributed by atoms with Gasteiger partial charge in [0.2, 0.25) is 21.8 Å². The Kier molecular flexibility index (Phi) is 6.17. The van der Waals surface area contributed by atoms with E-state index in [1.54, 1.807) is 6.92 Å². The fraction of sp³-hybridized carbons (Fsp3) is 0.357. The van der Waals surface area contributed by atoms with E-state index in [1.165, 1.54) is 25.2 Å². The highest BCUT2D eigenvalue weighted by Crippen LogP contribution is 2.29. The fourth-order valence-corrected chi connectivity index (χ4v) is 3.80. The summed E-state index contributed by atoms with van der Waals surface area (Å²) in [5.74, 6) is -1.93. The van der Waals surface area contributed by atoms with Gasteiger partial charge in [-0.25, -0.2) is 13.1 Å². The first-order valence-corrected chi connectivity index (χ1v) is 9.86. The van der Waals surface area contributed by atoms with E-state index >= 15 is 0 Å². The topological polar surface area (TPSA) is 106 Å². The lowest BCUT2D eigenvalue weighted by atomic mass is 10.2. The van der Waals surface area contributed by atoms with Crippen LogP contribution in [0, 0.1) is 6.92 Å². The molecular weight excluding hydrogens is 407 g/mol. The van der Waals surface area contributed by atoms with E-state index in [0.29, 0.717) is 5.56 Å². The zero-order valence-electron chi connectivity index (χ0n) is 14.5. The van der Waals surface area contributed by atoms with Crippen LogP contribution >= 0.6 is 11.8 Å². The smallest absolute Gasteiger partial charge is 0.325 e. The minimum atomic E-state index is -4.64. The maximum atomic E-state index is 12.7. The Labute approximate surface area is 157 Å². The summed E-state index contributed by atoms with van der Waals surface area (Å²) in [5.41, 5.74) is 0.740. The van der Waals surface area contributed by atoms with Crippen LogP contribution < -0.4 is 10.0 Å². The van der Waals surface area contributed by atoms with Crippen molar-refractivity contribution >= 4 is 33.4 Å². The van der Waals surface area contributed by atoms with Gasteiger partial charge in [-0.1, -0.05) is 17.8 Å². The Balaban J connectivity index is 2.07. The van der Waals surface area contributed by atoms with Crippen molar-refractivity contribution in [2.45, 2.75) is 23.2 Å². The summed E-state index contributed by atoms with van der Waals surface area (Å²) in [7, 11) is -1.27. The van der Waals surface area contributed by atoms with Gasteiger partial charge < -0.3 is 9.88 Å². The van der Waals surface area contributed by atoms with Crippen LogP contribution in [0.2, 0.25) is 0 Å². The van der Waals surface area contributed by atoms with Gasteiger partial charge in [0, 0.05) is 12.7 Å². The molecule has 2 rings (SSSR count). The minimum absolute atomic E-state index is 0.0126. The second kappa shape index (κ2) is 7.86. The Morgan fingerprint density at radius 1 is 1.30 bits per heavy atom. The predicted molar refractivity (Wildman–Crippen MR) is 92.8 cm³/mol. The predicted octanol–water partition coefficient (Wildman–Crippen LogP) is 1.78. The third-order valence-corrected chi connectivity index (χ3v) is 6.03. The second-order valence-corrected chi connectivity index (χ2v) is 8.19. The number of aryl methyl sites for hydroxylation is 1. The number of carbonyl (C=O) groups is 1. The van der Waals surface area contributed by atoms with Crippen LogP contribution in [0.4, 0.5) is 18.9 Å². The van der Waals surface area contributed by atoms with Gasteiger partial charge in [-0.3, -0.25) is 4.79 Å². The highest BCUT2D eigenvalue weighted by molar-refractivity contribution is 7.99. The van der Waals surface area contributed by atoms with Crippen molar-refractivity contribution in [3.8, 4) is 0 Å². The third kappa shape index (κ3) is 4.99. The molecule has 0 radical (unpaired) electrons. The summed E-state index contributed by atoms with van der Waals surface area (Å²) in [4.78, 5) is 12.1. The molecule has 0 unspecified atom stereocenters. The summed E-state index contributed by atoms with van der Waals surface area (Å²) in [6, 6.07) is 4.36. The molecule has 8 nitrogen and oxygen atoms in total. The molecule has 0 aliphatic rings. The minimum Gasteiger partial charge on any atom is -0.325 e. The first-order chi connectivity index (χ1) is 12.5. The Morgan fingerprint density at radius 2 is 1.96 bits per heavy atom. The summed E-state index contributed by atoms with van der Waals surface area (Å²) < 4.78 is 64.9. The van der Waals surface area contributed by atoms with E-state index in [-0.39, 0.29) is 21.5 Å². The molecule has 27 heavy (non-hydrogen) atoms. The number of aromatic nitrogens is 3. The van der Waals surface area contributed by atoms with Crippen molar-refractivity contribution in [2.75, 3.05) is 18.1 Å². The molecule has 2 aromatic rings. The number of anilines is 1. The van der Waals surface area contributed by atoms with Gasteiger partial charge in [0.25, 0.3) is 0 Å². The number of alkyl halides is 3. The van der Waals surface area contributed by atoms with Crippen molar-refractivity contribution in [2.24, 2.45) is 7.05 Å². The highest BCUT2D eigenvalue weighted by atomic mass is 32.2. The largest absolute Gasteiger partial charge is 0.451 e. The second-order valence-electron chi connectivity index (χ2n) is 5.39. The SMILES string of the molecule is CNS(=O)(=O)c1cc(NC(=O)CSc2nnc(C(F)(F)F)n2C)ccc1C. The number of rotatable bonds is 6.